The number of rotatable bonds is 8. The lowest BCUT2D eigenvalue weighted by molar-refractivity contribution is -0.119. The van der Waals surface area contributed by atoms with Gasteiger partial charge in [0.25, 0.3) is 5.24 Å². The van der Waals surface area contributed by atoms with Gasteiger partial charge < -0.3 is 9.15 Å². The summed E-state index contributed by atoms with van der Waals surface area (Å²) >= 11 is 1.07. The second-order valence-electron chi connectivity index (χ2n) is 6.96. The number of aromatic nitrogens is 2. The van der Waals surface area contributed by atoms with Gasteiger partial charge in [0.15, 0.2) is 0 Å². The van der Waals surface area contributed by atoms with Crippen molar-refractivity contribution in [2.24, 2.45) is 0 Å². The lowest BCUT2D eigenvalue weighted by atomic mass is 10.1. The van der Waals surface area contributed by atoms with E-state index in [4.69, 9.17) is 9.15 Å². The van der Waals surface area contributed by atoms with E-state index in [1.165, 1.54) is 0 Å². The summed E-state index contributed by atoms with van der Waals surface area (Å²) in [4.78, 5) is 31.6. The Morgan fingerprint density at radius 3 is 2.70 bits per heavy atom. The van der Waals surface area contributed by atoms with E-state index in [1.807, 2.05) is 49.4 Å². The van der Waals surface area contributed by atoms with E-state index >= 15 is 0 Å². The number of hydrogen-bond donors (Lipinski definition) is 1. The van der Waals surface area contributed by atoms with E-state index in [2.05, 4.69) is 15.3 Å². The van der Waals surface area contributed by atoms with Crippen LogP contribution in [0.15, 0.2) is 53.1 Å². The smallest absolute Gasteiger partial charge is 0.286 e. The Morgan fingerprint density at radius 2 is 2.00 bits per heavy atom. The van der Waals surface area contributed by atoms with E-state index in [0.29, 0.717) is 18.2 Å². The summed E-state index contributed by atoms with van der Waals surface area (Å²) in [5.74, 6) is 1.62. The molecule has 7 nitrogen and oxygen atoms in total. The van der Waals surface area contributed by atoms with Crippen molar-refractivity contribution in [3.05, 3.63) is 65.7 Å². The molecule has 0 bridgehead atoms. The molecule has 30 heavy (non-hydrogen) atoms. The minimum absolute atomic E-state index is 0.189. The van der Waals surface area contributed by atoms with Crippen molar-refractivity contribution in [3.8, 4) is 17.3 Å². The highest BCUT2D eigenvalue weighted by Crippen LogP contribution is 2.24. The number of thioether (sulfide) groups is 1. The number of benzene rings is 1. The molecule has 3 aromatic rings. The number of aryl methyl sites for hydroxylation is 2. The lowest BCUT2D eigenvalue weighted by Gasteiger charge is -2.06. The number of ether oxygens (including phenoxy) is 1. The summed E-state index contributed by atoms with van der Waals surface area (Å²) in [6.45, 7) is 2.14. The molecule has 1 aromatic carbocycles. The van der Waals surface area contributed by atoms with E-state index in [9.17, 15) is 9.59 Å². The van der Waals surface area contributed by atoms with Crippen LogP contribution in [0.25, 0.3) is 11.5 Å². The van der Waals surface area contributed by atoms with E-state index < -0.39 is 0 Å². The Balaban J connectivity index is 1.27. The topological polar surface area (TPSA) is 94.3 Å². The second kappa shape index (κ2) is 9.13. The van der Waals surface area contributed by atoms with Crippen molar-refractivity contribution in [1.82, 2.24) is 15.3 Å². The number of amides is 2. The van der Waals surface area contributed by atoms with Crippen LogP contribution in [0.4, 0.5) is 4.79 Å². The minimum atomic E-state index is -0.278. The van der Waals surface area contributed by atoms with Gasteiger partial charge in [-0.3, -0.25) is 14.9 Å². The molecule has 1 N–H and O–H groups in total. The van der Waals surface area contributed by atoms with Crippen molar-refractivity contribution in [1.29, 1.82) is 0 Å². The molecule has 0 spiro atoms. The third-order valence-corrected chi connectivity index (χ3v) is 5.82. The first-order valence-corrected chi connectivity index (χ1v) is 10.6. The number of hydrogen-bond acceptors (Lipinski definition) is 7. The van der Waals surface area contributed by atoms with Gasteiger partial charge in [0.05, 0.1) is 5.25 Å². The Labute approximate surface area is 178 Å². The number of imide groups is 1. The van der Waals surface area contributed by atoms with E-state index in [-0.39, 0.29) is 23.0 Å². The average Bonchev–Trinajstić information content (AvgIpc) is 3.29. The van der Waals surface area contributed by atoms with Gasteiger partial charge in [0.1, 0.15) is 18.1 Å². The van der Waals surface area contributed by atoms with Gasteiger partial charge in [-0.25, -0.2) is 9.97 Å². The molecule has 1 saturated heterocycles. The molecular weight excluding hydrogens is 402 g/mol. The molecule has 0 aliphatic carbocycles. The van der Waals surface area contributed by atoms with Gasteiger partial charge in [-0.15, -0.1) is 0 Å². The summed E-state index contributed by atoms with van der Waals surface area (Å²) in [7, 11) is 0. The zero-order chi connectivity index (χ0) is 20.9. The van der Waals surface area contributed by atoms with Crippen molar-refractivity contribution >= 4 is 22.9 Å². The van der Waals surface area contributed by atoms with Crippen molar-refractivity contribution in [2.75, 3.05) is 0 Å². The van der Waals surface area contributed by atoms with Crippen LogP contribution in [0.5, 0.6) is 5.88 Å². The highest BCUT2D eigenvalue weighted by Gasteiger charge is 2.30. The van der Waals surface area contributed by atoms with Crippen molar-refractivity contribution < 1.29 is 18.7 Å². The van der Waals surface area contributed by atoms with Crippen LogP contribution in [0.2, 0.25) is 0 Å². The second-order valence-corrected chi connectivity index (χ2v) is 8.13. The Morgan fingerprint density at radius 1 is 1.17 bits per heavy atom. The quantitative estimate of drug-likeness (QED) is 0.577. The lowest BCUT2D eigenvalue weighted by Crippen LogP contribution is -2.24. The van der Waals surface area contributed by atoms with E-state index in [0.717, 1.165) is 47.2 Å². The van der Waals surface area contributed by atoms with Gasteiger partial charge in [0, 0.05) is 17.8 Å². The highest BCUT2D eigenvalue weighted by molar-refractivity contribution is 8.15. The first-order chi connectivity index (χ1) is 14.6. The van der Waals surface area contributed by atoms with Crippen LogP contribution >= 0.6 is 11.8 Å². The largest absolute Gasteiger partial charge is 0.471 e. The van der Waals surface area contributed by atoms with E-state index in [1.54, 1.807) is 6.20 Å². The highest BCUT2D eigenvalue weighted by atomic mass is 32.2. The summed E-state index contributed by atoms with van der Waals surface area (Å²) in [6.07, 6.45) is 4.03. The third-order valence-electron chi connectivity index (χ3n) is 4.77. The minimum Gasteiger partial charge on any atom is -0.471 e. The monoisotopic (exact) mass is 423 g/mol. The molecule has 2 amide bonds. The zero-order valence-corrected chi connectivity index (χ0v) is 17.3. The van der Waals surface area contributed by atoms with Gasteiger partial charge in [0.2, 0.25) is 17.7 Å². The first-order valence-electron chi connectivity index (χ1n) is 9.69. The number of oxazole rings is 1. The first kappa shape index (κ1) is 20.2. The van der Waals surface area contributed by atoms with Crippen LogP contribution in [0.1, 0.15) is 29.9 Å². The molecule has 1 aliphatic heterocycles. The fraction of sp³-hybridized carbons (Fsp3) is 0.273. The molecule has 1 unspecified atom stereocenters. The predicted molar refractivity (Wildman–Crippen MR) is 113 cm³/mol. The fourth-order valence-corrected chi connectivity index (χ4v) is 4.00. The molecule has 2 aromatic heterocycles. The Bertz CT molecular complexity index is 1030. The van der Waals surface area contributed by atoms with Crippen LogP contribution in [0, 0.1) is 6.92 Å². The fourth-order valence-electron chi connectivity index (χ4n) is 3.13. The summed E-state index contributed by atoms with van der Waals surface area (Å²) in [5, 5.41) is 1.77. The van der Waals surface area contributed by atoms with Gasteiger partial charge >= 0.3 is 0 Å². The van der Waals surface area contributed by atoms with Gasteiger partial charge in [-0.2, -0.15) is 0 Å². The molecule has 1 aliphatic rings. The number of carbonyl (C=O) groups excluding carboxylic acids is 2. The van der Waals surface area contributed by atoms with Crippen LogP contribution in [-0.4, -0.2) is 26.4 Å². The summed E-state index contributed by atoms with van der Waals surface area (Å²) < 4.78 is 11.5. The molecule has 1 fully saturated rings. The molecule has 0 radical (unpaired) electrons. The Kier molecular flexibility index (Phi) is 6.13. The number of carbonyl (C=O) groups is 2. The van der Waals surface area contributed by atoms with Crippen LogP contribution in [-0.2, 0) is 17.8 Å². The maximum absolute atomic E-state index is 11.6. The van der Waals surface area contributed by atoms with Gasteiger partial charge in [-0.05, 0) is 43.9 Å². The summed E-state index contributed by atoms with van der Waals surface area (Å²) in [6, 6.07) is 13.5. The molecule has 154 valence electrons. The molecule has 1 atom stereocenters. The van der Waals surface area contributed by atoms with Crippen LogP contribution in [0.3, 0.4) is 0 Å². The number of nitrogens with zero attached hydrogens (tertiary/aromatic N) is 2. The maximum Gasteiger partial charge on any atom is 0.286 e. The molecule has 4 rings (SSSR count). The van der Waals surface area contributed by atoms with Crippen molar-refractivity contribution in [3.63, 3.8) is 0 Å². The molecule has 3 heterocycles. The standard InChI is InChI=1S/C22H21N3O4S/c1-14-17(24-21(29-14)16-7-3-2-4-8-16)13-28-19-11-10-15(12-23-19)6-5-9-18-20(26)25-22(27)30-18/h2-4,7-8,10-12,18H,5-6,9,13H2,1H3,(H,25,26,27). The number of pyridine rings is 1. The third kappa shape index (κ3) is 4.88. The SMILES string of the molecule is Cc1oc(-c2ccccc2)nc1COc1ccc(CCCC2SC(=O)NC2=O)cn1. The average molecular weight is 423 g/mol. The van der Waals surface area contributed by atoms with Crippen LogP contribution < -0.4 is 10.1 Å². The summed E-state index contributed by atoms with van der Waals surface area (Å²) in [5.41, 5.74) is 2.72. The molecule has 8 heteroatoms. The zero-order valence-electron chi connectivity index (χ0n) is 16.5. The molecular formula is C22H21N3O4S. The molecule has 0 saturated carbocycles. The number of nitrogens with one attached hydrogen (secondary N) is 1. The maximum atomic E-state index is 11.6. The van der Waals surface area contributed by atoms with Gasteiger partial charge in [-0.1, -0.05) is 36.0 Å². The van der Waals surface area contributed by atoms with Crippen molar-refractivity contribution in [2.45, 2.75) is 38.0 Å². The normalized spacial score (nSPS) is 16.0. The predicted octanol–water partition coefficient (Wildman–Crippen LogP) is 4.30. The Hall–Kier alpha value is -3.13.